The zero-order valence-corrected chi connectivity index (χ0v) is 9.26. The third-order valence-electron chi connectivity index (χ3n) is 2.30. The standard InChI is InChI=1S/C10H9F3N4O/c1-17-15-9(14-16-17)8(18)6-3-2-4-7(5-6)10(11,12)13/h2-5,8,18H,1H3. The summed E-state index contributed by atoms with van der Waals surface area (Å²) in [7, 11) is 1.50. The highest BCUT2D eigenvalue weighted by molar-refractivity contribution is 5.29. The number of aliphatic hydroxyl groups excluding tert-OH is 1. The number of aliphatic hydroxyl groups is 1. The predicted octanol–water partition coefficient (Wildman–Crippen LogP) is 1.31. The van der Waals surface area contributed by atoms with Gasteiger partial charge in [0.25, 0.3) is 0 Å². The van der Waals surface area contributed by atoms with Crippen LogP contribution in [0, 0.1) is 0 Å². The molecule has 0 saturated heterocycles. The third-order valence-corrected chi connectivity index (χ3v) is 2.30. The first-order valence-corrected chi connectivity index (χ1v) is 4.97. The molecule has 0 aliphatic heterocycles. The largest absolute Gasteiger partial charge is 0.416 e. The van der Waals surface area contributed by atoms with Crippen LogP contribution in [0.15, 0.2) is 24.3 Å². The van der Waals surface area contributed by atoms with Crippen LogP contribution < -0.4 is 0 Å². The van der Waals surface area contributed by atoms with Crippen LogP contribution in [-0.2, 0) is 13.2 Å². The van der Waals surface area contributed by atoms with Crippen LogP contribution in [0.25, 0.3) is 0 Å². The summed E-state index contributed by atoms with van der Waals surface area (Å²) in [6, 6.07) is 4.38. The van der Waals surface area contributed by atoms with E-state index in [4.69, 9.17) is 0 Å². The van der Waals surface area contributed by atoms with Gasteiger partial charge in [0.1, 0.15) is 6.10 Å². The summed E-state index contributed by atoms with van der Waals surface area (Å²) in [6.45, 7) is 0. The van der Waals surface area contributed by atoms with Crippen molar-refractivity contribution in [1.82, 2.24) is 20.2 Å². The number of hydrogen-bond acceptors (Lipinski definition) is 4. The maximum atomic E-state index is 12.5. The molecule has 18 heavy (non-hydrogen) atoms. The number of hydrogen-bond donors (Lipinski definition) is 1. The Bertz CT molecular complexity index is 552. The lowest BCUT2D eigenvalue weighted by molar-refractivity contribution is -0.137. The molecule has 1 aromatic heterocycles. The van der Waals surface area contributed by atoms with Gasteiger partial charge in [-0.3, -0.25) is 0 Å². The Kier molecular flexibility index (Phi) is 3.04. The van der Waals surface area contributed by atoms with Gasteiger partial charge < -0.3 is 5.11 Å². The maximum absolute atomic E-state index is 12.5. The Balaban J connectivity index is 2.34. The molecule has 8 heteroatoms. The van der Waals surface area contributed by atoms with Gasteiger partial charge in [-0.05, 0) is 22.9 Å². The summed E-state index contributed by atoms with van der Waals surface area (Å²) in [4.78, 5) is 1.12. The zero-order chi connectivity index (χ0) is 13.3. The van der Waals surface area contributed by atoms with Gasteiger partial charge in [0.15, 0.2) is 0 Å². The summed E-state index contributed by atoms with van der Waals surface area (Å²) in [6.07, 6.45) is -5.79. The molecule has 0 bridgehead atoms. The fourth-order valence-electron chi connectivity index (χ4n) is 1.44. The molecule has 0 radical (unpaired) electrons. The third kappa shape index (κ3) is 2.48. The molecule has 0 spiro atoms. The molecule has 1 heterocycles. The minimum Gasteiger partial charge on any atom is -0.380 e. The smallest absolute Gasteiger partial charge is 0.380 e. The maximum Gasteiger partial charge on any atom is 0.416 e. The zero-order valence-electron chi connectivity index (χ0n) is 9.26. The van der Waals surface area contributed by atoms with Crippen molar-refractivity contribution in [2.24, 2.45) is 7.05 Å². The van der Waals surface area contributed by atoms with E-state index in [9.17, 15) is 18.3 Å². The molecule has 2 aromatic rings. The van der Waals surface area contributed by atoms with Crippen LogP contribution in [0.5, 0.6) is 0 Å². The van der Waals surface area contributed by atoms with E-state index < -0.39 is 17.8 Å². The topological polar surface area (TPSA) is 63.8 Å². The van der Waals surface area contributed by atoms with E-state index in [1.54, 1.807) is 0 Å². The molecule has 96 valence electrons. The fraction of sp³-hybridized carbons (Fsp3) is 0.300. The van der Waals surface area contributed by atoms with E-state index in [0.717, 1.165) is 16.9 Å². The Labute approximate surface area is 99.9 Å². The molecule has 0 amide bonds. The van der Waals surface area contributed by atoms with Crippen molar-refractivity contribution in [2.45, 2.75) is 12.3 Å². The minimum atomic E-state index is -4.45. The SMILES string of the molecule is Cn1nnc(C(O)c2cccc(C(F)(F)F)c2)n1. The Morgan fingerprint density at radius 3 is 2.61 bits per heavy atom. The van der Waals surface area contributed by atoms with Crippen LogP contribution in [0.4, 0.5) is 13.2 Å². The number of halogens is 3. The number of aromatic nitrogens is 4. The van der Waals surface area contributed by atoms with Gasteiger partial charge in [-0.1, -0.05) is 12.1 Å². The quantitative estimate of drug-likeness (QED) is 0.882. The second-order valence-electron chi connectivity index (χ2n) is 3.66. The number of alkyl halides is 3. The van der Waals surface area contributed by atoms with Crippen molar-refractivity contribution in [3.63, 3.8) is 0 Å². The Hall–Kier alpha value is -1.96. The predicted molar refractivity (Wildman–Crippen MR) is 54.3 cm³/mol. The molecule has 1 atom stereocenters. The van der Waals surface area contributed by atoms with Crippen LogP contribution in [0.1, 0.15) is 23.1 Å². The normalized spacial score (nSPS) is 13.6. The van der Waals surface area contributed by atoms with Gasteiger partial charge in [0.05, 0.1) is 12.6 Å². The van der Waals surface area contributed by atoms with Crippen molar-refractivity contribution >= 4 is 0 Å². The molecule has 0 aliphatic carbocycles. The Morgan fingerprint density at radius 2 is 2.06 bits per heavy atom. The van der Waals surface area contributed by atoms with Gasteiger partial charge in [-0.25, -0.2) is 0 Å². The average molecular weight is 258 g/mol. The van der Waals surface area contributed by atoms with E-state index in [2.05, 4.69) is 15.4 Å². The number of tetrazole rings is 1. The number of benzene rings is 1. The fourth-order valence-corrected chi connectivity index (χ4v) is 1.44. The summed E-state index contributed by atoms with van der Waals surface area (Å²) in [5, 5.41) is 20.7. The van der Waals surface area contributed by atoms with Crippen molar-refractivity contribution < 1.29 is 18.3 Å². The van der Waals surface area contributed by atoms with Crippen molar-refractivity contribution in [3.05, 3.63) is 41.2 Å². The van der Waals surface area contributed by atoms with Gasteiger partial charge in [0.2, 0.25) is 5.82 Å². The highest BCUT2D eigenvalue weighted by Crippen LogP contribution is 2.31. The average Bonchev–Trinajstić information content (AvgIpc) is 2.74. The number of nitrogens with zero attached hydrogens (tertiary/aromatic N) is 4. The van der Waals surface area contributed by atoms with Crippen molar-refractivity contribution in [2.75, 3.05) is 0 Å². The second kappa shape index (κ2) is 4.37. The number of aryl methyl sites for hydroxylation is 1. The molecule has 0 fully saturated rings. The lowest BCUT2D eigenvalue weighted by atomic mass is 10.1. The van der Waals surface area contributed by atoms with Crippen LogP contribution >= 0.6 is 0 Å². The van der Waals surface area contributed by atoms with Crippen LogP contribution in [0.3, 0.4) is 0 Å². The molecule has 5 nitrogen and oxygen atoms in total. The molecule has 1 aromatic carbocycles. The monoisotopic (exact) mass is 258 g/mol. The van der Waals surface area contributed by atoms with Crippen LogP contribution in [0.2, 0.25) is 0 Å². The molecule has 2 rings (SSSR count). The molecule has 0 saturated carbocycles. The lowest BCUT2D eigenvalue weighted by Crippen LogP contribution is -2.08. The van der Waals surface area contributed by atoms with Gasteiger partial charge >= 0.3 is 6.18 Å². The van der Waals surface area contributed by atoms with E-state index in [-0.39, 0.29) is 11.4 Å². The number of rotatable bonds is 2. The molecule has 1 N–H and O–H groups in total. The van der Waals surface area contributed by atoms with E-state index >= 15 is 0 Å². The summed E-state index contributed by atoms with van der Waals surface area (Å²) in [5.74, 6) is -0.0446. The summed E-state index contributed by atoms with van der Waals surface area (Å²) in [5.41, 5.74) is -0.763. The van der Waals surface area contributed by atoms with E-state index in [1.807, 2.05) is 0 Å². The highest BCUT2D eigenvalue weighted by atomic mass is 19.4. The van der Waals surface area contributed by atoms with Gasteiger partial charge in [-0.2, -0.15) is 18.0 Å². The first kappa shape index (κ1) is 12.5. The van der Waals surface area contributed by atoms with Crippen molar-refractivity contribution in [1.29, 1.82) is 0 Å². The van der Waals surface area contributed by atoms with E-state index in [0.29, 0.717) is 0 Å². The lowest BCUT2D eigenvalue weighted by Gasteiger charge is -2.10. The Morgan fingerprint density at radius 1 is 1.33 bits per heavy atom. The summed E-state index contributed by atoms with van der Waals surface area (Å²) >= 11 is 0. The molecule has 1 unspecified atom stereocenters. The summed E-state index contributed by atoms with van der Waals surface area (Å²) < 4.78 is 37.5. The first-order chi connectivity index (χ1) is 8.38. The molecular weight excluding hydrogens is 249 g/mol. The van der Waals surface area contributed by atoms with Crippen LogP contribution in [-0.4, -0.2) is 25.3 Å². The van der Waals surface area contributed by atoms with Crippen molar-refractivity contribution in [3.8, 4) is 0 Å². The molecule has 0 aliphatic rings. The van der Waals surface area contributed by atoms with Gasteiger partial charge in [0, 0.05) is 0 Å². The molecular formula is C10H9F3N4O. The van der Waals surface area contributed by atoms with Gasteiger partial charge in [-0.15, -0.1) is 10.2 Å². The van der Waals surface area contributed by atoms with E-state index in [1.165, 1.54) is 19.2 Å². The minimum absolute atomic E-state index is 0.0446. The second-order valence-corrected chi connectivity index (χ2v) is 3.66. The first-order valence-electron chi connectivity index (χ1n) is 4.97. The highest BCUT2D eigenvalue weighted by Gasteiger charge is 2.31.